The second kappa shape index (κ2) is 6.79. The summed E-state index contributed by atoms with van der Waals surface area (Å²) in [4.78, 5) is 0. The summed E-state index contributed by atoms with van der Waals surface area (Å²) in [5.41, 5.74) is 7.34. The SMILES string of the molecule is CC(C)Oc1ccc(CCC(C)(C)CCN)cc1. The van der Waals surface area contributed by atoms with Crippen LogP contribution >= 0.6 is 0 Å². The van der Waals surface area contributed by atoms with Crippen molar-refractivity contribution in [2.45, 2.75) is 53.1 Å². The van der Waals surface area contributed by atoms with Gasteiger partial charge in [-0.1, -0.05) is 26.0 Å². The standard InChI is InChI=1S/C16H27NO/c1-13(2)18-15-7-5-14(6-8-15)9-10-16(3,4)11-12-17/h5-8,13H,9-12,17H2,1-4H3. The highest BCUT2D eigenvalue weighted by atomic mass is 16.5. The van der Waals surface area contributed by atoms with Crippen molar-refractivity contribution in [2.24, 2.45) is 11.1 Å². The second-order valence-corrected chi connectivity index (χ2v) is 6.01. The summed E-state index contributed by atoms with van der Waals surface area (Å²) in [6, 6.07) is 8.45. The van der Waals surface area contributed by atoms with Crippen LogP contribution < -0.4 is 10.5 Å². The molecular weight excluding hydrogens is 222 g/mol. The fraction of sp³-hybridized carbons (Fsp3) is 0.625. The molecular formula is C16H27NO. The fourth-order valence-corrected chi connectivity index (χ4v) is 2.01. The lowest BCUT2D eigenvalue weighted by Gasteiger charge is -2.23. The number of rotatable bonds is 7. The molecule has 1 aromatic rings. The first-order chi connectivity index (χ1) is 8.43. The summed E-state index contributed by atoms with van der Waals surface area (Å²) in [5.74, 6) is 0.954. The van der Waals surface area contributed by atoms with E-state index in [0.29, 0.717) is 5.41 Å². The van der Waals surface area contributed by atoms with Crippen molar-refractivity contribution in [3.05, 3.63) is 29.8 Å². The molecule has 0 heterocycles. The number of ether oxygens (including phenoxy) is 1. The molecule has 102 valence electrons. The van der Waals surface area contributed by atoms with Crippen molar-refractivity contribution in [3.63, 3.8) is 0 Å². The Labute approximate surface area is 112 Å². The van der Waals surface area contributed by atoms with Gasteiger partial charge in [-0.3, -0.25) is 0 Å². The van der Waals surface area contributed by atoms with Crippen LogP contribution in [0.5, 0.6) is 5.75 Å². The van der Waals surface area contributed by atoms with E-state index in [1.807, 2.05) is 13.8 Å². The van der Waals surface area contributed by atoms with Crippen LogP contribution in [0.1, 0.15) is 46.1 Å². The van der Waals surface area contributed by atoms with Crippen LogP contribution in [-0.4, -0.2) is 12.6 Å². The highest BCUT2D eigenvalue weighted by Crippen LogP contribution is 2.26. The Morgan fingerprint density at radius 1 is 1.11 bits per heavy atom. The molecule has 0 amide bonds. The number of benzene rings is 1. The third kappa shape index (κ3) is 5.54. The molecule has 0 bridgehead atoms. The third-order valence-electron chi connectivity index (χ3n) is 3.21. The van der Waals surface area contributed by atoms with E-state index >= 15 is 0 Å². The van der Waals surface area contributed by atoms with Gasteiger partial charge >= 0.3 is 0 Å². The van der Waals surface area contributed by atoms with E-state index in [9.17, 15) is 0 Å². The molecule has 0 saturated carbocycles. The van der Waals surface area contributed by atoms with Gasteiger partial charge in [0.05, 0.1) is 6.10 Å². The summed E-state index contributed by atoms with van der Waals surface area (Å²) in [7, 11) is 0. The highest BCUT2D eigenvalue weighted by Gasteiger charge is 2.16. The van der Waals surface area contributed by atoms with Gasteiger partial charge < -0.3 is 10.5 Å². The maximum Gasteiger partial charge on any atom is 0.119 e. The highest BCUT2D eigenvalue weighted by molar-refractivity contribution is 5.27. The van der Waals surface area contributed by atoms with Crippen LogP contribution in [0.25, 0.3) is 0 Å². The first-order valence-electron chi connectivity index (χ1n) is 6.88. The van der Waals surface area contributed by atoms with Crippen LogP contribution in [0.4, 0.5) is 0 Å². The topological polar surface area (TPSA) is 35.2 Å². The molecule has 0 aliphatic carbocycles. The number of hydrogen-bond donors (Lipinski definition) is 1. The summed E-state index contributed by atoms with van der Waals surface area (Å²) >= 11 is 0. The van der Waals surface area contributed by atoms with Crippen molar-refractivity contribution < 1.29 is 4.74 Å². The van der Waals surface area contributed by atoms with Gasteiger partial charge in [-0.2, -0.15) is 0 Å². The Kier molecular flexibility index (Phi) is 5.67. The molecule has 0 atom stereocenters. The van der Waals surface area contributed by atoms with E-state index in [4.69, 9.17) is 10.5 Å². The Hall–Kier alpha value is -1.02. The molecule has 0 spiro atoms. The van der Waals surface area contributed by atoms with E-state index in [1.54, 1.807) is 0 Å². The average Bonchev–Trinajstić information content (AvgIpc) is 2.27. The summed E-state index contributed by atoms with van der Waals surface area (Å²) in [6.07, 6.45) is 3.60. The zero-order valence-corrected chi connectivity index (χ0v) is 12.2. The minimum atomic E-state index is 0.235. The van der Waals surface area contributed by atoms with Crippen molar-refractivity contribution in [1.82, 2.24) is 0 Å². The molecule has 2 heteroatoms. The van der Waals surface area contributed by atoms with Gasteiger partial charge in [0.25, 0.3) is 0 Å². The lowest BCUT2D eigenvalue weighted by atomic mass is 9.83. The maximum atomic E-state index is 5.64. The molecule has 1 aromatic carbocycles. The quantitative estimate of drug-likeness (QED) is 0.798. The van der Waals surface area contributed by atoms with Crippen molar-refractivity contribution in [3.8, 4) is 5.75 Å². The second-order valence-electron chi connectivity index (χ2n) is 6.01. The molecule has 2 N–H and O–H groups in total. The Balaban J connectivity index is 2.48. The number of aryl methyl sites for hydroxylation is 1. The Morgan fingerprint density at radius 2 is 1.72 bits per heavy atom. The van der Waals surface area contributed by atoms with Gasteiger partial charge in [0.1, 0.15) is 5.75 Å². The van der Waals surface area contributed by atoms with Crippen molar-refractivity contribution in [1.29, 1.82) is 0 Å². The summed E-state index contributed by atoms with van der Waals surface area (Å²) in [6.45, 7) is 9.44. The van der Waals surface area contributed by atoms with Crippen molar-refractivity contribution >= 4 is 0 Å². The molecule has 0 radical (unpaired) electrons. The lowest BCUT2D eigenvalue weighted by Crippen LogP contribution is -2.17. The maximum absolute atomic E-state index is 5.64. The zero-order chi connectivity index (χ0) is 13.6. The third-order valence-corrected chi connectivity index (χ3v) is 3.21. The molecule has 0 aromatic heterocycles. The number of hydrogen-bond acceptors (Lipinski definition) is 2. The van der Waals surface area contributed by atoms with E-state index in [1.165, 1.54) is 12.0 Å². The monoisotopic (exact) mass is 249 g/mol. The molecule has 0 unspecified atom stereocenters. The molecule has 1 rings (SSSR count). The van der Waals surface area contributed by atoms with Crippen LogP contribution in [0.3, 0.4) is 0 Å². The Bertz CT molecular complexity index is 341. The molecule has 2 nitrogen and oxygen atoms in total. The normalized spacial score (nSPS) is 11.9. The van der Waals surface area contributed by atoms with E-state index in [2.05, 4.69) is 38.1 Å². The average molecular weight is 249 g/mol. The Morgan fingerprint density at radius 3 is 2.22 bits per heavy atom. The van der Waals surface area contributed by atoms with E-state index in [-0.39, 0.29) is 6.10 Å². The van der Waals surface area contributed by atoms with Gasteiger partial charge in [-0.25, -0.2) is 0 Å². The minimum absolute atomic E-state index is 0.235. The van der Waals surface area contributed by atoms with Gasteiger partial charge in [0.15, 0.2) is 0 Å². The molecule has 0 fully saturated rings. The van der Waals surface area contributed by atoms with Crippen LogP contribution in [0.15, 0.2) is 24.3 Å². The fourth-order valence-electron chi connectivity index (χ4n) is 2.01. The first kappa shape index (κ1) is 15.0. The van der Waals surface area contributed by atoms with Gasteiger partial charge in [-0.15, -0.1) is 0 Å². The van der Waals surface area contributed by atoms with E-state index in [0.717, 1.165) is 25.1 Å². The van der Waals surface area contributed by atoms with Gasteiger partial charge in [-0.05, 0) is 62.8 Å². The lowest BCUT2D eigenvalue weighted by molar-refractivity contribution is 0.242. The summed E-state index contributed by atoms with van der Waals surface area (Å²) in [5, 5.41) is 0. The smallest absolute Gasteiger partial charge is 0.119 e. The largest absolute Gasteiger partial charge is 0.491 e. The molecule has 0 saturated heterocycles. The zero-order valence-electron chi connectivity index (χ0n) is 12.2. The van der Waals surface area contributed by atoms with Gasteiger partial charge in [0, 0.05) is 0 Å². The van der Waals surface area contributed by atoms with Crippen LogP contribution in [0.2, 0.25) is 0 Å². The van der Waals surface area contributed by atoms with Crippen molar-refractivity contribution in [2.75, 3.05) is 6.54 Å². The molecule has 0 aliphatic heterocycles. The predicted molar refractivity (Wildman–Crippen MR) is 78.0 cm³/mol. The summed E-state index contributed by atoms with van der Waals surface area (Å²) < 4.78 is 5.64. The number of nitrogens with two attached hydrogens (primary N) is 1. The molecule has 0 aliphatic rings. The minimum Gasteiger partial charge on any atom is -0.491 e. The van der Waals surface area contributed by atoms with Gasteiger partial charge in [0.2, 0.25) is 0 Å². The van der Waals surface area contributed by atoms with Crippen LogP contribution in [0, 0.1) is 5.41 Å². The van der Waals surface area contributed by atoms with E-state index < -0.39 is 0 Å². The first-order valence-corrected chi connectivity index (χ1v) is 6.88. The van der Waals surface area contributed by atoms with Crippen LogP contribution in [-0.2, 0) is 6.42 Å². The molecule has 18 heavy (non-hydrogen) atoms. The predicted octanol–water partition coefficient (Wildman–Crippen LogP) is 3.78.